The maximum Gasteiger partial charge on any atom is 0.0804 e. The summed E-state index contributed by atoms with van der Waals surface area (Å²) < 4.78 is 2.10. The van der Waals surface area contributed by atoms with Gasteiger partial charge in [0, 0.05) is 18.9 Å². The summed E-state index contributed by atoms with van der Waals surface area (Å²) in [7, 11) is 0. The first-order valence-electron chi connectivity index (χ1n) is 5.60. The second kappa shape index (κ2) is 5.76. The Morgan fingerprint density at radius 3 is 2.87 bits per heavy atom. The van der Waals surface area contributed by atoms with Gasteiger partial charge in [-0.2, -0.15) is 0 Å². The number of hydrogen-bond acceptors (Lipinski definition) is 1. The van der Waals surface area contributed by atoms with E-state index >= 15 is 0 Å². The molecule has 15 heavy (non-hydrogen) atoms. The average molecular weight is 207 g/mol. The SMILES string of the molecule is CCCC(O)c1ccn(CC=C(C)C)c1. The van der Waals surface area contributed by atoms with Crippen LogP contribution in [0.25, 0.3) is 0 Å². The highest BCUT2D eigenvalue weighted by atomic mass is 16.3. The quantitative estimate of drug-likeness (QED) is 0.736. The molecule has 1 atom stereocenters. The molecule has 2 heteroatoms. The average Bonchev–Trinajstić information content (AvgIpc) is 2.63. The molecule has 0 saturated carbocycles. The van der Waals surface area contributed by atoms with Gasteiger partial charge in [-0.25, -0.2) is 0 Å². The van der Waals surface area contributed by atoms with Crippen LogP contribution >= 0.6 is 0 Å². The molecule has 1 aromatic rings. The van der Waals surface area contributed by atoms with Crippen LogP contribution in [-0.4, -0.2) is 9.67 Å². The Morgan fingerprint density at radius 2 is 2.27 bits per heavy atom. The van der Waals surface area contributed by atoms with E-state index in [-0.39, 0.29) is 6.10 Å². The second-order valence-corrected chi connectivity index (χ2v) is 4.23. The number of rotatable bonds is 5. The highest BCUT2D eigenvalue weighted by Crippen LogP contribution is 2.18. The number of nitrogens with zero attached hydrogens (tertiary/aromatic N) is 1. The molecule has 0 aliphatic rings. The third kappa shape index (κ3) is 3.92. The van der Waals surface area contributed by atoms with Crippen molar-refractivity contribution in [3.63, 3.8) is 0 Å². The Kier molecular flexibility index (Phi) is 4.63. The van der Waals surface area contributed by atoms with Gasteiger partial charge < -0.3 is 9.67 Å². The fraction of sp³-hybridized carbons (Fsp3) is 0.538. The highest BCUT2D eigenvalue weighted by Gasteiger charge is 2.06. The Morgan fingerprint density at radius 1 is 1.53 bits per heavy atom. The predicted molar refractivity (Wildman–Crippen MR) is 63.7 cm³/mol. The van der Waals surface area contributed by atoms with Gasteiger partial charge in [-0.1, -0.05) is 25.0 Å². The minimum Gasteiger partial charge on any atom is -0.388 e. The van der Waals surface area contributed by atoms with Crippen LogP contribution in [0.3, 0.4) is 0 Å². The lowest BCUT2D eigenvalue weighted by Gasteiger charge is -2.05. The van der Waals surface area contributed by atoms with Gasteiger partial charge >= 0.3 is 0 Å². The van der Waals surface area contributed by atoms with E-state index in [9.17, 15) is 5.11 Å². The third-order valence-corrected chi connectivity index (χ3v) is 2.43. The summed E-state index contributed by atoms with van der Waals surface area (Å²) in [6, 6.07) is 2.00. The lowest BCUT2D eigenvalue weighted by molar-refractivity contribution is 0.166. The van der Waals surface area contributed by atoms with Gasteiger partial charge in [0.2, 0.25) is 0 Å². The fourth-order valence-electron chi connectivity index (χ4n) is 1.50. The largest absolute Gasteiger partial charge is 0.388 e. The standard InChI is InChI=1S/C13H21NO/c1-4-5-13(15)12-7-9-14(10-12)8-6-11(2)3/h6-7,9-10,13,15H,4-5,8H2,1-3H3. The number of hydrogen-bond donors (Lipinski definition) is 1. The molecule has 1 unspecified atom stereocenters. The van der Waals surface area contributed by atoms with Crippen LogP contribution < -0.4 is 0 Å². The van der Waals surface area contributed by atoms with Gasteiger partial charge in [0.15, 0.2) is 0 Å². The predicted octanol–water partition coefficient (Wildman–Crippen LogP) is 3.29. The van der Waals surface area contributed by atoms with Crippen molar-refractivity contribution in [1.82, 2.24) is 4.57 Å². The van der Waals surface area contributed by atoms with E-state index in [1.807, 2.05) is 18.5 Å². The van der Waals surface area contributed by atoms with Crippen LogP contribution in [0.2, 0.25) is 0 Å². The van der Waals surface area contributed by atoms with Gasteiger partial charge in [-0.05, 0) is 31.9 Å². The summed E-state index contributed by atoms with van der Waals surface area (Å²) in [4.78, 5) is 0. The first kappa shape index (κ1) is 12.1. The number of allylic oxidation sites excluding steroid dienone is 2. The highest BCUT2D eigenvalue weighted by molar-refractivity contribution is 5.14. The van der Waals surface area contributed by atoms with E-state index in [1.165, 1.54) is 5.57 Å². The van der Waals surface area contributed by atoms with Crippen molar-refractivity contribution < 1.29 is 5.11 Å². The van der Waals surface area contributed by atoms with E-state index < -0.39 is 0 Å². The second-order valence-electron chi connectivity index (χ2n) is 4.23. The molecule has 0 spiro atoms. The van der Waals surface area contributed by atoms with Gasteiger partial charge in [-0.15, -0.1) is 0 Å². The Hall–Kier alpha value is -1.02. The maximum absolute atomic E-state index is 9.78. The number of aromatic nitrogens is 1. The maximum atomic E-state index is 9.78. The van der Waals surface area contributed by atoms with Crippen LogP contribution in [-0.2, 0) is 6.54 Å². The molecule has 0 fully saturated rings. The van der Waals surface area contributed by atoms with Crippen LogP contribution in [0.5, 0.6) is 0 Å². The van der Waals surface area contributed by atoms with Crippen molar-refractivity contribution in [3.05, 3.63) is 35.7 Å². The molecule has 1 rings (SSSR count). The molecule has 0 aliphatic carbocycles. The zero-order valence-corrected chi connectivity index (χ0v) is 9.90. The molecule has 1 N–H and O–H groups in total. The molecule has 1 heterocycles. The summed E-state index contributed by atoms with van der Waals surface area (Å²) >= 11 is 0. The van der Waals surface area contributed by atoms with Gasteiger partial charge in [0.1, 0.15) is 0 Å². The lowest BCUT2D eigenvalue weighted by atomic mass is 10.1. The molecule has 2 nitrogen and oxygen atoms in total. The molecular formula is C13H21NO. The molecule has 0 aromatic carbocycles. The van der Waals surface area contributed by atoms with Crippen molar-refractivity contribution in [2.45, 2.75) is 46.3 Å². The van der Waals surface area contributed by atoms with E-state index in [0.29, 0.717) is 0 Å². The minimum atomic E-state index is -0.303. The summed E-state index contributed by atoms with van der Waals surface area (Å²) in [5.41, 5.74) is 2.35. The van der Waals surface area contributed by atoms with Crippen molar-refractivity contribution in [3.8, 4) is 0 Å². The smallest absolute Gasteiger partial charge is 0.0804 e. The minimum absolute atomic E-state index is 0.303. The van der Waals surface area contributed by atoms with Crippen LogP contribution in [0, 0.1) is 0 Å². The van der Waals surface area contributed by atoms with Gasteiger partial charge in [-0.3, -0.25) is 0 Å². The van der Waals surface area contributed by atoms with E-state index in [1.54, 1.807) is 0 Å². The molecule has 0 saturated heterocycles. The zero-order chi connectivity index (χ0) is 11.3. The topological polar surface area (TPSA) is 25.2 Å². The van der Waals surface area contributed by atoms with E-state index in [4.69, 9.17) is 0 Å². The van der Waals surface area contributed by atoms with Crippen LogP contribution in [0.1, 0.15) is 45.3 Å². The molecule has 1 aromatic heterocycles. The Labute approximate surface area is 92.2 Å². The monoisotopic (exact) mass is 207 g/mol. The van der Waals surface area contributed by atoms with Crippen molar-refractivity contribution >= 4 is 0 Å². The Balaban J connectivity index is 2.59. The summed E-state index contributed by atoms with van der Waals surface area (Å²) in [6.07, 6.45) is 7.78. The Bertz CT molecular complexity index is 321. The number of aliphatic hydroxyl groups is 1. The molecule has 0 bridgehead atoms. The molecule has 84 valence electrons. The number of aliphatic hydroxyl groups excluding tert-OH is 1. The van der Waals surface area contributed by atoms with Gasteiger partial charge in [0.05, 0.1) is 6.10 Å². The first-order valence-corrected chi connectivity index (χ1v) is 5.60. The third-order valence-electron chi connectivity index (χ3n) is 2.43. The van der Waals surface area contributed by atoms with Crippen molar-refractivity contribution in [2.75, 3.05) is 0 Å². The van der Waals surface area contributed by atoms with Crippen LogP contribution in [0.4, 0.5) is 0 Å². The van der Waals surface area contributed by atoms with Crippen LogP contribution in [0.15, 0.2) is 30.1 Å². The van der Waals surface area contributed by atoms with E-state index in [2.05, 4.69) is 31.4 Å². The summed E-state index contributed by atoms with van der Waals surface area (Å²) in [5, 5.41) is 9.78. The molecule has 0 aliphatic heterocycles. The zero-order valence-electron chi connectivity index (χ0n) is 9.90. The normalized spacial score (nSPS) is 12.5. The fourth-order valence-corrected chi connectivity index (χ4v) is 1.50. The molecular weight excluding hydrogens is 186 g/mol. The summed E-state index contributed by atoms with van der Waals surface area (Å²) in [5.74, 6) is 0. The lowest BCUT2D eigenvalue weighted by Crippen LogP contribution is -1.96. The molecule has 0 amide bonds. The van der Waals surface area contributed by atoms with Crippen molar-refractivity contribution in [1.29, 1.82) is 0 Å². The first-order chi connectivity index (χ1) is 7.13. The van der Waals surface area contributed by atoms with E-state index in [0.717, 1.165) is 24.9 Å². The van der Waals surface area contributed by atoms with Crippen molar-refractivity contribution in [2.24, 2.45) is 0 Å². The summed E-state index contributed by atoms with van der Waals surface area (Å²) in [6.45, 7) is 7.16. The van der Waals surface area contributed by atoms with Gasteiger partial charge in [0.25, 0.3) is 0 Å². The molecule has 0 radical (unpaired) electrons.